The summed E-state index contributed by atoms with van der Waals surface area (Å²) in [6.45, 7) is 0.239. The number of hydrogen-bond donors (Lipinski definition) is 2. The molecule has 25 heavy (non-hydrogen) atoms. The fourth-order valence-corrected chi connectivity index (χ4v) is 3.07. The Morgan fingerprint density at radius 2 is 2.04 bits per heavy atom. The topological polar surface area (TPSA) is 79.5 Å². The monoisotopic (exact) mass is 351 g/mol. The van der Waals surface area contributed by atoms with Crippen LogP contribution in [0.5, 0.6) is 0 Å². The molecule has 3 N–H and O–H groups in total. The predicted molar refractivity (Wildman–Crippen MR) is 84.9 cm³/mol. The van der Waals surface area contributed by atoms with Gasteiger partial charge < -0.3 is 15.7 Å². The van der Waals surface area contributed by atoms with Crippen LogP contribution >= 0.6 is 0 Å². The molecule has 132 valence electrons. The Bertz CT molecular complexity index is 795. The van der Waals surface area contributed by atoms with Crippen molar-refractivity contribution in [1.82, 2.24) is 4.98 Å². The van der Waals surface area contributed by atoms with Crippen LogP contribution in [0.25, 0.3) is 0 Å². The average Bonchev–Trinajstić information content (AvgIpc) is 2.96. The summed E-state index contributed by atoms with van der Waals surface area (Å²) in [5.41, 5.74) is 5.57. The number of rotatable bonds is 3. The van der Waals surface area contributed by atoms with Crippen molar-refractivity contribution in [3.8, 4) is 0 Å². The minimum absolute atomic E-state index is 0.0571. The number of primary amides is 1. The molecule has 1 saturated heterocycles. The van der Waals surface area contributed by atoms with E-state index in [0.717, 1.165) is 12.1 Å². The van der Waals surface area contributed by atoms with Gasteiger partial charge >= 0.3 is 6.18 Å². The molecule has 5 nitrogen and oxygen atoms in total. The van der Waals surface area contributed by atoms with Gasteiger partial charge in [-0.3, -0.25) is 9.78 Å². The molecule has 0 saturated carbocycles. The minimum Gasteiger partial charge on any atom is -0.391 e. The van der Waals surface area contributed by atoms with Crippen molar-refractivity contribution in [3.05, 3.63) is 59.4 Å². The molecule has 0 radical (unpaired) electrons. The molecule has 2 atom stereocenters. The number of halogens is 3. The Hall–Kier alpha value is -2.61. The fourth-order valence-electron chi connectivity index (χ4n) is 3.07. The zero-order valence-electron chi connectivity index (χ0n) is 13.1. The number of β-amino-alcohol motifs (C(OH)–C–C–N with tert-alkyl or cyclic N) is 1. The number of aromatic nitrogens is 1. The first kappa shape index (κ1) is 17.2. The Kier molecular flexibility index (Phi) is 4.38. The number of aliphatic hydroxyl groups is 1. The minimum atomic E-state index is -4.44. The Morgan fingerprint density at radius 3 is 2.72 bits per heavy atom. The standard InChI is InChI=1S/C17H16F3N3O2/c18-17(19,20)11-3-1-2-10(6-11)15-8-13(24)9-23(15)12-4-5-22-14(7-12)16(21)25/h1-7,13,15,24H,8-9H2,(H2,21,25). The number of nitrogens with two attached hydrogens (primary N) is 1. The van der Waals surface area contributed by atoms with E-state index in [2.05, 4.69) is 4.98 Å². The molecule has 8 heteroatoms. The maximum atomic E-state index is 13.0. The highest BCUT2D eigenvalue weighted by molar-refractivity contribution is 5.91. The maximum absolute atomic E-state index is 13.0. The van der Waals surface area contributed by atoms with E-state index in [-0.39, 0.29) is 18.7 Å². The predicted octanol–water partition coefficient (Wildman–Crippen LogP) is 2.51. The van der Waals surface area contributed by atoms with E-state index in [1.807, 2.05) is 0 Å². The molecule has 1 fully saturated rings. The van der Waals surface area contributed by atoms with Gasteiger partial charge in [0.05, 0.1) is 17.7 Å². The van der Waals surface area contributed by atoms with Gasteiger partial charge in [0.15, 0.2) is 0 Å². The second-order valence-electron chi connectivity index (χ2n) is 5.94. The maximum Gasteiger partial charge on any atom is 0.416 e. The SMILES string of the molecule is NC(=O)c1cc(N2CC(O)CC2c2cccc(C(F)(F)F)c2)ccn1. The van der Waals surface area contributed by atoms with Crippen LogP contribution in [0.15, 0.2) is 42.6 Å². The molecule has 1 aromatic heterocycles. The lowest BCUT2D eigenvalue weighted by molar-refractivity contribution is -0.137. The largest absolute Gasteiger partial charge is 0.416 e. The Labute approximate surface area is 141 Å². The van der Waals surface area contributed by atoms with E-state index in [1.54, 1.807) is 17.0 Å². The molecule has 0 spiro atoms. The van der Waals surface area contributed by atoms with Crippen LogP contribution in [0.4, 0.5) is 18.9 Å². The third kappa shape index (κ3) is 3.58. The summed E-state index contributed by atoms with van der Waals surface area (Å²) in [6, 6.07) is 7.71. The van der Waals surface area contributed by atoms with Gasteiger partial charge in [-0.1, -0.05) is 12.1 Å². The van der Waals surface area contributed by atoms with Crippen molar-refractivity contribution in [1.29, 1.82) is 0 Å². The second-order valence-corrected chi connectivity index (χ2v) is 5.94. The van der Waals surface area contributed by atoms with Gasteiger partial charge in [0.25, 0.3) is 5.91 Å². The summed E-state index contributed by atoms with van der Waals surface area (Å²) >= 11 is 0. The van der Waals surface area contributed by atoms with Crippen molar-refractivity contribution >= 4 is 11.6 Å². The van der Waals surface area contributed by atoms with E-state index in [0.29, 0.717) is 11.3 Å². The van der Waals surface area contributed by atoms with E-state index in [1.165, 1.54) is 18.3 Å². The summed E-state index contributed by atoms with van der Waals surface area (Å²) in [5, 5.41) is 10.0. The average molecular weight is 351 g/mol. The third-order valence-electron chi connectivity index (χ3n) is 4.21. The number of alkyl halides is 3. The molecule has 0 bridgehead atoms. The molecule has 2 unspecified atom stereocenters. The highest BCUT2D eigenvalue weighted by atomic mass is 19.4. The molecular weight excluding hydrogens is 335 g/mol. The van der Waals surface area contributed by atoms with Gasteiger partial charge in [0.1, 0.15) is 5.69 Å². The van der Waals surface area contributed by atoms with Crippen LogP contribution in [-0.2, 0) is 6.18 Å². The molecule has 3 rings (SSSR count). The van der Waals surface area contributed by atoms with Crippen LogP contribution < -0.4 is 10.6 Å². The zero-order valence-corrected chi connectivity index (χ0v) is 13.1. The van der Waals surface area contributed by atoms with Crippen molar-refractivity contribution in [2.75, 3.05) is 11.4 Å². The van der Waals surface area contributed by atoms with Crippen molar-refractivity contribution in [2.24, 2.45) is 5.73 Å². The number of nitrogens with zero attached hydrogens (tertiary/aromatic N) is 2. The number of anilines is 1. The first-order valence-electron chi connectivity index (χ1n) is 7.63. The highest BCUT2D eigenvalue weighted by Gasteiger charge is 2.35. The van der Waals surface area contributed by atoms with E-state index in [9.17, 15) is 23.1 Å². The van der Waals surface area contributed by atoms with E-state index >= 15 is 0 Å². The summed E-state index contributed by atoms with van der Waals surface area (Å²) < 4.78 is 38.9. The first-order valence-corrected chi connectivity index (χ1v) is 7.63. The summed E-state index contributed by atoms with van der Waals surface area (Å²) in [7, 11) is 0. The lowest BCUT2D eigenvalue weighted by Gasteiger charge is -2.27. The fraction of sp³-hybridized carbons (Fsp3) is 0.294. The van der Waals surface area contributed by atoms with Crippen molar-refractivity contribution < 1.29 is 23.1 Å². The van der Waals surface area contributed by atoms with Crippen LogP contribution in [0.2, 0.25) is 0 Å². The van der Waals surface area contributed by atoms with Crippen molar-refractivity contribution in [3.63, 3.8) is 0 Å². The Balaban J connectivity index is 1.98. The van der Waals surface area contributed by atoms with Crippen LogP contribution in [0.1, 0.15) is 34.1 Å². The van der Waals surface area contributed by atoms with Crippen molar-refractivity contribution in [2.45, 2.75) is 24.7 Å². The number of carbonyl (C=O) groups is 1. The van der Waals surface area contributed by atoms with E-state index in [4.69, 9.17) is 5.73 Å². The highest BCUT2D eigenvalue weighted by Crippen LogP contribution is 2.38. The quantitative estimate of drug-likeness (QED) is 0.891. The van der Waals surface area contributed by atoms with Crippen LogP contribution in [0, 0.1) is 0 Å². The van der Waals surface area contributed by atoms with E-state index < -0.39 is 29.8 Å². The molecule has 2 aromatic rings. The number of amides is 1. The summed E-state index contributed by atoms with van der Waals surface area (Å²) in [4.78, 5) is 16.9. The van der Waals surface area contributed by atoms with Gasteiger partial charge in [-0.25, -0.2) is 0 Å². The first-order chi connectivity index (χ1) is 11.8. The molecule has 1 aromatic carbocycles. The molecular formula is C17H16F3N3O2. The summed E-state index contributed by atoms with van der Waals surface area (Å²) in [5.74, 6) is -0.697. The lowest BCUT2D eigenvalue weighted by atomic mass is 10.0. The number of benzene rings is 1. The third-order valence-corrected chi connectivity index (χ3v) is 4.21. The molecule has 1 aliphatic heterocycles. The van der Waals surface area contributed by atoms with Crippen LogP contribution in [-0.4, -0.2) is 28.6 Å². The summed E-state index contributed by atoms with van der Waals surface area (Å²) in [6.07, 6.45) is -3.43. The Morgan fingerprint density at radius 1 is 1.28 bits per heavy atom. The normalized spacial score (nSPS) is 20.7. The van der Waals surface area contributed by atoms with Gasteiger partial charge in [-0.05, 0) is 36.2 Å². The number of hydrogen-bond acceptors (Lipinski definition) is 4. The van der Waals surface area contributed by atoms with Gasteiger partial charge in [0.2, 0.25) is 0 Å². The molecule has 0 aliphatic carbocycles. The molecule has 1 aliphatic rings. The number of pyridine rings is 1. The molecule has 1 amide bonds. The molecule has 2 heterocycles. The van der Waals surface area contributed by atoms with Gasteiger partial charge in [0, 0.05) is 18.4 Å². The smallest absolute Gasteiger partial charge is 0.391 e. The lowest BCUT2D eigenvalue weighted by Crippen LogP contribution is -2.25. The number of aliphatic hydroxyl groups excluding tert-OH is 1. The van der Waals surface area contributed by atoms with Crippen LogP contribution in [0.3, 0.4) is 0 Å². The second kappa shape index (κ2) is 6.36. The number of carbonyl (C=O) groups excluding carboxylic acids is 1. The van der Waals surface area contributed by atoms with Gasteiger partial charge in [-0.2, -0.15) is 13.2 Å². The van der Waals surface area contributed by atoms with Gasteiger partial charge in [-0.15, -0.1) is 0 Å². The zero-order chi connectivity index (χ0) is 18.2.